The number of aromatic nitrogens is 3. The van der Waals surface area contributed by atoms with E-state index in [9.17, 15) is 4.79 Å². The Morgan fingerprint density at radius 2 is 2.00 bits per heavy atom. The molecule has 0 aromatic carbocycles. The Balaban J connectivity index is 1.46. The quantitative estimate of drug-likeness (QED) is 0.814. The molecule has 1 amide bonds. The van der Waals surface area contributed by atoms with Crippen molar-refractivity contribution in [3.63, 3.8) is 0 Å². The second-order valence-electron chi connectivity index (χ2n) is 7.37. The summed E-state index contributed by atoms with van der Waals surface area (Å²) in [6.07, 6.45) is 7.39. The molecule has 3 rings (SSSR count). The van der Waals surface area contributed by atoms with Crippen LogP contribution in [0, 0.1) is 13.8 Å². The van der Waals surface area contributed by atoms with Crippen molar-refractivity contribution in [3.05, 3.63) is 11.6 Å². The number of amides is 1. The van der Waals surface area contributed by atoms with Gasteiger partial charge in [-0.3, -0.25) is 9.69 Å². The number of carbonyl (C=O) groups is 1. The topological polar surface area (TPSA) is 72.3 Å². The molecule has 7 heteroatoms. The van der Waals surface area contributed by atoms with Crippen LogP contribution in [0.3, 0.4) is 0 Å². The molecule has 140 valence electrons. The molecule has 7 nitrogen and oxygen atoms in total. The smallest absolute Gasteiger partial charge is 0.234 e. The summed E-state index contributed by atoms with van der Waals surface area (Å²) in [5.74, 6) is 1.85. The van der Waals surface area contributed by atoms with E-state index in [2.05, 4.69) is 20.3 Å². The van der Waals surface area contributed by atoms with E-state index < -0.39 is 0 Å². The van der Waals surface area contributed by atoms with Crippen molar-refractivity contribution >= 4 is 5.91 Å². The fourth-order valence-corrected chi connectivity index (χ4v) is 3.86. The van der Waals surface area contributed by atoms with Gasteiger partial charge >= 0.3 is 0 Å². The van der Waals surface area contributed by atoms with E-state index in [4.69, 9.17) is 4.74 Å². The zero-order valence-electron chi connectivity index (χ0n) is 15.5. The normalized spacial score (nSPS) is 23.4. The Morgan fingerprint density at radius 1 is 1.24 bits per heavy atom. The van der Waals surface area contributed by atoms with E-state index in [1.165, 1.54) is 25.7 Å². The van der Waals surface area contributed by atoms with Crippen LogP contribution < -0.4 is 5.32 Å². The maximum atomic E-state index is 12.4. The lowest BCUT2D eigenvalue weighted by molar-refractivity contribution is -0.125. The van der Waals surface area contributed by atoms with Gasteiger partial charge in [0.1, 0.15) is 11.6 Å². The molecule has 25 heavy (non-hydrogen) atoms. The highest BCUT2D eigenvalue weighted by Gasteiger charge is 2.24. The summed E-state index contributed by atoms with van der Waals surface area (Å²) >= 11 is 0. The van der Waals surface area contributed by atoms with Crippen LogP contribution >= 0.6 is 0 Å². The van der Waals surface area contributed by atoms with E-state index in [-0.39, 0.29) is 12.0 Å². The van der Waals surface area contributed by atoms with Crippen molar-refractivity contribution in [1.82, 2.24) is 25.0 Å². The highest BCUT2D eigenvalue weighted by atomic mass is 16.5. The summed E-state index contributed by atoms with van der Waals surface area (Å²) < 4.78 is 7.76. The van der Waals surface area contributed by atoms with E-state index in [0.29, 0.717) is 25.7 Å². The molecule has 2 heterocycles. The van der Waals surface area contributed by atoms with Crippen molar-refractivity contribution < 1.29 is 9.53 Å². The third-order valence-electron chi connectivity index (χ3n) is 5.15. The maximum Gasteiger partial charge on any atom is 0.234 e. The van der Waals surface area contributed by atoms with Gasteiger partial charge in [-0.1, -0.05) is 25.7 Å². The van der Waals surface area contributed by atoms with Crippen molar-refractivity contribution in [2.75, 3.05) is 26.2 Å². The monoisotopic (exact) mass is 349 g/mol. The largest absolute Gasteiger partial charge is 0.374 e. The summed E-state index contributed by atoms with van der Waals surface area (Å²) in [4.78, 5) is 18.9. The lowest BCUT2D eigenvalue weighted by atomic mass is 10.1. The van der Waals surface area contributed by atoms with Crippen LogP contribution in [0.15, 0.2) is 0 Å². The molecule has 1 aromatic rings. The van der Waals surface area contributed by atoms with Crippen LogP contribution in [0.1, 0.15) is 50.2 Å². The molecule has 1 saturated heterocycles. The zero-order valence-corrected chi connectivity index (χ0v) is 15.5. The summed E-state index contributed by atoms with van der Waals surface area (Å²) in [5.41, 5.74) is 0. The molecule has 0 unspecified atom stereocenters. The summed E-state index contributed by atoms with van der Waals surface area (Å²) in [7, 11) is 0. The van der Waals surface area contributed by atoms with Gasteiger partial charge in [-0.15, -0.1) is 0 Å². The lowest BCUT2D eigenvalue weighted by Crippen LogP contribution is -2.49. The average molecular weight is 349 g/mol. The van der Waals surface area contributed by atoms with Crippen LogP contribution in [-0.2, 0) is 16.1 Å². The highest BCUT2D eigenvalue weighted by molar-refractivity contribution is 5.78. The molecule has 2 fully saturated rings. The fraction of sp³-hybridized carbons (Fsp3) is 0.833. The van der Waals surface area contributed by atoms with Crippen molar-refractivity contribution in [2.45, 2.75) is 71.1 Å². The van der Waals surface area contributed by atoms with Gasteiger partial charge < -0.3 is 10.1 Å². The average Bonchev–Trinajstić information content (AvgIpc) is 2.76. The van der Waals surface area contributed by atoms with Gasteiger partial charge in [0.05, 0.1) is 25.8 Å². The molecule has 1 aliphatic heterocycles. The third kappa shape index (κ3) is 5.51. The number of nitrogens with zero attached hydrogens (tertiary/aromatic N) is 4. The molecule has 1 aliphatic carbocycles. The zero-order chi connectivity index (χ0) is 17.6. The molecule has 1 atom stereocenters. The van der Waals surface area contributed by atoms with Gasteiger partial charge in [-0.05, 0) is 26.7 Å². The van der Waals surface area contributed by atoms with E-state index >= 15 is 0 Å². The molecule has 1 N–H and O–H groups in total. The first-order valence-corrected chi connectivity index (χ1v) is 9.61. The van der Waals surface area contributed by atoms with Crippen LogP contribution in [0.2, 0.25) is 0 Å². The number of hydrogen-bond donors (Lipinski definition) is 1. The molecule has 0 bridgehead atoms. The predicted octanol–water partition coefficient (Wildman–Crippen LogP) is 1.43. The number of nitrogens with one attached hydrogen (secondary N) is 1. The summed E-state index contributed by atoms with van der Waals surface area (Å²) in [6.45, 7) is 7.24. The first-order chi connectivity index (χ1) is 12.1. The Kier molecular flexibility index (Phi) is 6.42. The predicted molar refractivity (Wildman–Crippen MR) is 95.3 cm³/mol. The van der Waals surface area contributed by atoms with Gasteiger partial charge in [0.2, 0.25) is 5.91 Å². The fourth-order valence-electron chi connectivity index (χ4n) is 3.86. The molecule has 0 radical (unpaired) electrons. The SMILES string of the molecule is Cc1nc(C)n(C[C@@H]2CN(CC(=O)NC3CCCCCC3)CCO2)n1. The standard InChI is InChI=1S/C18H31N5O2/c1-14-19-15(2)23(21-14)12-17-11-22(9-10-25-17)13-18(24)20-16-7-5-3-4-6-8-16/h16-17H,3-13H2,1-2H3,(H,20,24)/t17-/m0/s1. The van der Waals surface area contributed by atoms with Crippen molar-refractivity contribution in [1.29, 1.82) is 0 Å². The maximum absolute atomic E-state index is 12.4. The second kappa shape index (κ2) is 8.76. The van der Waals surface area contributed by atoms with Crippen molar-refractivity contribution in [3.8, 4) is 0 Å². The third-order valence-corrected chi connectivity index (χ3v) is 5.15. The Bertz CT molecular complexity index is 566. The van der Waals surface area contributed by atoms with Crippen LogP contribution in [-0.4, -0.2) is 64.0 Å². The number of carbonyl (C=O) groups excluding carboxylic acids is 1. The molecule has 2 aliphatic rings. The first kappa shape index (κ1) is 18.3. The minimum Gasteiger partial charge on any atom is -0.374 e. The summed E-state index contributed by atoms with van der Waals surface area (Å²) in [6, 6.07) is 0.368. The molecular formula is C18H31N5O2. The van der Waals surface area contributed by atoms with Crippen molar-refractivity contribution in [2.24, 2.45) is 0 Å². The lowest BCUT2D eigenvalue weighted by Gasteiger charge is -2.32. The van der Waals surface area contributed by atoms with E-state index in [1.807, 2.05) is 18.5 Å². The Hall–Kier alpha value is -1.47. The number of aryl methyl sites for hydroxylation is 2. The van der Waals surface area contributed by atoms with Gasteiger partial charge in [0, 0.05) is 19.1 Å². The van der Waals surface area contributed by atoms with Gasteiger partial charge in [-0.2, -0.15) is 5.10 Å². The minimum absolute atomic E-state index is 0.0548. The highest BCUT2D eigenvalue weighted by Crippen LogP contribution is 2.17. The van der Waals surface area contributed by atoms with Gasteiger partial charge in [0.25, 0.3) is 0 Å². The second-order valence-corrected chi connectivity index (χ2v) is 7.37. The Morgan fingerprint density at radius 3 is 2.68 bits per heavy atom. The van der Waals surface area contributed by atoms with Crippen LogP contribution in [0.4, 0.5) is 0 Å². The molecular weight excluding hydrogens is 318 g/mol. The Labute approximate surface area is 150 Å². The van der Waals surface area contributed by atoms with Gasteiger partial charge in [0.15, 0.2) is 0 Å². The van der Waals surface area contributed by atoms with Crippen LogP contribution in [0.5, 0.6) is 0 Å². The van der Waals surface area contributed by atoms with Gasteiger partial charge in [-0.25, -0.2) is 9.67 Å². The minimum atomic E-state index is 0.0548. The summed E-state index contributed by atoms with van der Waals surface area (Å²) in [5, 5.41) is 7.64. The number of ether oxygens (including phenoxy) is 1. The van der Waals surface area contributed by atoms with E-state index in [0.717, 1.165) is 37.6 Å². The molecule has 1 saturated carbocycles. The van der Waals surface area contributed by atoms with Crippen LogP contribution in [0.25, 0.3) is 0 Å². The first-order valence-electron chi connectivity index (χ1n) is 9.61. The van der Waals surface area contributed by atoms with E-state index in [1.54, 1.807) is 0 Å². The number of rotatable bonds is 5. The number of morpholine rings is 1. The molecule has 1 aromatic heterocycles. The number of hydrogen-bond acceptors (Lipinski definition) is 5. The molecule has 0 spiro atoms.